The summed E-state index contributed by atoms with van der Waals surface area (Å²) >= 11 is 0. The van der Waals surface area contributed by atoms with Gasteiger partial charge in [0, 0.05) is 12.3 Å². The molecule has 1 heterocycles. The number of sulfone groups is 1. The molecule has 186 valence electrons. The van der Waals surface area contributed by atoms with Gasteiger partial charge in [-0.05, 0) is 31.2 Å². The third-order valence-electron chi connectivity index (χ3n) is 4.99. The van der Waals surface area contributed by atoms with Crippen molar-refractivity contribution >= 4 is 15.7 Å². The highest BCUT2D eigenvalue weighted by molar-refractivity contribution is 7.90. The Balaban J connectivity index is 1.90. The number of likely N-dealkylation sites (tertiary alicyclic amines) is 1. The molecule has 1 aliphatic rings. The van der Waals surface area contributed by atoms with Crippen LogP contribution in [0.4, 0.5) is 22.0 Å². The first-order chi connectivity index (χ1) is 15.7. The monoisotopic (exact) mass is 509 g/mol. The molecule has 0 saturated carbocycles. The van der Waals surface area contributed by atoms with Gasteiger partial charge < -0.3 is 19.1 Å². The van der Waals surface area contributed by atoms with E-state index in [1.54, 1.807) is 0 Å². The van der Waals surface area contributed by atoms with Crippen LogP contribution in [0, 0.1) is 11.6 Å². The summed E-state index contributed by atoms with van der Waals surface area (Å²) in [6.07, 6.45) is -6.95. The molecule has 0 unspecified atom stereocenters. The largest absolute Gasteiger partial charge is 0.494 e. The Morgan fingerprint density at radius 3 is 2.32 bits per heavy atom. The Kier molecular flexibility index (Phi) is 6.97. The highest BCUT2D eigenvalue weighted by Gasteiger charge is 2.41. The number of carbonyl (C=O) groups excluding carboxylic acids is 1. The van der Waals surface area contributed by atoms with Crippen molar-refractivity contribution in [3.63, 3.8) is 0 Å². The fraction of sp³-hybridized carbons (Fsp3) is 0.381. The quantitative estimate of drug-likeness (QED) is 0.531. The molecule has 2 aromatic carbocycles. The Hall–Kier alpha value is -3.09. The van der Waals surface area contributed by atoms with Crippen LogP contribution in [0.3, 0.4) is 0 Å². The van der Waals surface area contributed by atoms with Crippen molar-refractivity contribution in [2.75, 3.05) is 26.5 Å². The van der Waals surface area contributed by atoms with Gasteiger partial charge >= 0.3 is 6.18 Å². The van der Waals surface area contributed by atoms with E-state index < -0.39 is 67.7 Å². The van der Waals surface area contributed by atoms with E-state index in [2.05, 4.69) is 0 Å². The van der Waals surface area contributed by atoms with Gasteiger partial charge in [0.15, 0.2) is 33.3 Å². The minimum atomic E-state index is -4.76. The lowest BCUT2D eigenvalue weighted by molar-refractivity contribution is -0.189. The first-order valence-electron chi connectivity index (χ1n) is 9.77. The number of ether oxygens (including phenoxy) is 3. The van der Waals surface area contributed by atoms with Crippen LogP contribution in [0.2, 0.25) is 0 Å². The van der Waals surface area contributed by atoms with Crippen LogP contribution >= 0.6 is 0 Å². The summed E-state index contributed by atoms with van der Waals surface area (Å²) in [6.45, 7) is 0.469. The maximum absolute atomic E-state index is 13.8. The summed E-state index contributed by atoms with van der Waals surface area (Å²) in [5.74, 6) is -3.79. The molecule has 0 bridgehead atoms. The van der Waals surface area contributed by atoms with Crippen LogP contribution in [0.1, 0.15) is 17.3 Å². The molecule has 1 amide bonds. The van der Waals surface area contributed by atoms with E-state index >= 15 is 0 Å². The highest BCUT2D eigenvalue weighted by Crippen LogP contribution is 2.38. The molecule has 34 heavy (non-hydrogen) atoms. The van der Waals surface area contributed by atoms with Crippen molar-refractivity contribution in [1.82, 2.24) is 4.90 Å². The lowest BCUT2D eigenvalue weighted by atomic mass is 10.1. The number of rotatable bonds is 7. The van der Waals surface area contributed by atoms with Crippen molar-refractivity contribution in [2.24, 2.45) is 0 Å². The van der Waals surface area contributed by atoms with E-state index in [4.69, 9.17) is 14.2 Å². The molecule has 1 saturated heterocycles. The molecule has 2 aromatic rings. The maximum Gasteiger partial charge on any atom is 0.425 e. The van der Waals surface area contributed by atoms with Crippen LogP contribution < -0.4 is 14.2 Å². The van der Waals surface area contributed by atoms with Gasteiger partial charge in [0.1, 0.15) is 28.1 Å². The van der Waals surface area contributed by atoms with Crippen molar-refractivity contribution < 1.29 is 49.4 Å². The molecule has 0 aliphatic carbocycles. The Labute approximate surface area is 191 Å². The third kappa shape index (κ3) is 5.34. The molecule has 1 atom stereocenters. The molecular formula is C21H20F5NO6S. The van der Waals surface area contributed by atoms with Crippen molar-refractivity contribution in [3.8, 4) is 17.2 Å². The maximum atomic E-state index is 13.8. The lowest BCUT2D eigenvalue weighted by Crippen LogP contribution is -2.56. The molecule has 0 radical (unpaired) electrons. The van der Waals surface area contributed by atoms with Gasteiger partial charge in [-0.3, -0.25) is 4.79 Å². The number of benzene rings is 2. The summed E-state index contributed by atoms with van der Waals surface area (Å²) in [4.78, 5) is 13.9. The molecule has 7 nitrogen and oxygen atoms in total. The fourth-order valence-electron chi connectivity index (χ4n) is 3.18. The van der Waals surface area contributed by atoms with Gasteiger partial charge in [0.2, 0.25) is 0 Å². The number of alkyl halides is 3. The smallest absolute Gasteiger partial charge is 0.425 e. The molecule has 0 spiro atoms. The summed E-state index contributed by atoms with van der Waals surface area (Å²) in [5, 5.41) is 0. The van der Waals surface area contributed by atoms with E-state index in [-0.39, 0.29) is 18.8 Å². The van der Waals surface area contributed by atoms with Crippen LogP contribution in [0.5, 0.6) is 17.2 Å². The second-order valence-corrected chi connectivity index (χ2v) is 9.55. The second kappa shape index (κ2) is 9.28. The van der Waals surface area contributed by atoms with Gasteiger partial charge in [-0.1, -0.05) is 0 Å². The first-order valence-corrected chi connectivity index (χ1v) is 11.7. The topological polar surface area (TPSA) is 82.1 Å². The van der Waals surface area contributed by atoms with Gasteiger partial charge in [-0.2, -0.15) is 13.2 Å². The van der Waals surface area contributed by atoms with Crippen molar-refractivity contribution in [3.05, 3.63) is 47.5 Å². The Bertz CT molecular complexity index is 1190. The molecule has 1 fully saturated rings. The standard InChI is InChI=1S/C21H20F5NO6S/c1-11(21(24,25)26)32-15-6-7-17(34(3,29)30)19(31-2)18(15)20(28)27-9-13(10-27)33-16-8-12(22)4-5-14(16)23/h4-8,11,13H,9-10H2,1-3H3/t11-/m0/s1. The highest BCUT2D eigenvalue weighted by atomic mass is 32.2. The Morgan fingerprint density at radius 1 is 1.12 bits per heavy atom. The number of carbonyl (C=O) groups is 1. The van der Waals surface area contributed by atoms with E-state index in [0.29, 0.717) is 0 Å². The number of nitrogens with zero attached hydrogens (tertiary/aromatic N) is 1. The minimum absolute atomic E-state index is 0.130. The fourth-order valence-corrected chi connectivity index (χ4v) is 4.02. The predicted octanol–water partition coefficient (Wildman–Crippen LogP) is 3.61. The zero-order valence-corrected chi connectivity index (χ0v) is 19.0. The molecule has 13 heteroatoms. The van der Waals surface area contributed by atoms with E-state index in [0.717, 1.165) is 55.5 Å². The van der Waals surface area contributed by atoms with Gasteiger partial charge in [0.25, 0.3) is 5.91 Å². The van der Waals surface area contributed by atoms with Gasteiger partial charge in [-0.15, -0.1) is 0 Å². The number of halogens is 5. The second-order valence-electron chi connectivity index (χ2n) is 7.57. The normalized spacial score (nSPS) is 15.5. The minimum Gasteiger partial charge on any atom is -0.494 e. The van der Waals surface area contributed by atoms with Crippen LogP contribution in [-0.2, 0) is 9.84 Å². The number of hydrogen-bond acceptors (Lipinski definition) is 6. The predicted molar refractivity (Wildman–Crippen MR) is 109 cm³/mol. The van der Waals surface area contributed by atoms with Crippen molar-refractivity contribution in [2.45, 2.75) is 30.2 Å². The average molecular weight is 509 g/mol. The van der Waals surface area contributed by atoms with Crippen LogP contribution in [0.15, 0.2) is 35.2 Å². The molecular weight excluding hydrogens is 489 g/mol. The molecule has 1 aliphatic heterocycles. The van der Waals surface area contributed by atoms with E-state index in [1.165, 1.54) is 0 Å². The number of hydrogen-bond donors (Lipinski definition) is 0. The summed E-state index contributed by atoms with van der Waals surface area (Å²) in [6, 6.07) is 4.55. The SMILES string of the molecule is COc1c(S(C)(=O)=O)ccc(O[C@@H](C)C(F)(F)F)c1C(=O)N1CC(Oc2cc(F)ccc2F)C1. The molecule has 0 aromatic heterocycles. The molecule has 0 N–H and O–H groups in total. The Morgan fingerprint density at radius 2 is 1.76 bits per heavy atom. The van der Waals surface area contributed by atoms with Crippen LogP contribution in [-0.4, -0.2) is 64.1 Å². The van der Waals surface area contributed by atoms with Gasteiger partial charge in [0.05, 0.1) is 20.2 Å². The van der Waals surface area contributed by atoms with Crippen molar-refractivity contribution in [1.29, 1.82) is 0 Å². The zero-order chi connectivity index (χ0) is 25.4. The number of methoxy groups -OCH3 is 1. The van der Waals surface area contributed by atoms with Crippen LogP contribution in [0.25, 0.3) is 0 Å². The zero-order valence-electron chi connectivity index (χ0n) is 18.2. The molecule has 3 rings (SSSR count). The summed E-state index contributed by atoms with van der Waals surface area (Å²) in [7, 11) is -2.86. The first kappa shape index (κ1) is 25.5. The summed E-state index contributed by atoms with van der Waals surface area (Å²) < 4.78 is 106. The lowest BCUT2D eigenvalue weighted by Gasteiger charge is -2.39. The average Bonchev–Trinajstić information content (AvgIpc) is 2.70. The van der Waals surface area contributed by atoms with E-state index in [1.807, 2.05) is 0 Å². The summed E-state index contributed by atoms with van der Waals surface area (Å²) in [5.41, 5.74) is -0.517. The van der Waals surface area contributed by atoms with Gasteiger partial charge in [-0.25, -0.2) is 17.2 Å². The third-order valence-corrected chi connectivity index (χ3v) is 6.11. The van der Waals surface area contributed by atoms with E-state index in [9.17, 15) is 35.2 Å². The number of amides is 1.